The Labute approximate surface area is 144 Å². The predicted octanol–water partition coefficient (Wildman–Crippen LogP) is 5.49. The maximum Gasteiger partial charge on any atom is 0.124 e. The summed E-state index contributed by atoms with van der Waals surface area (Å²) in [7, 11) is 0. The van der Waals surface area contributed by atoms with E-state index in [0.29, 0.717) is 6.61 Å². The van der Waals surface area contributed by atoms with Crippen LogP contribution in [0.15, 0.2) is 72.8 Å². The fourth-order valence-corrected chi connectivity index (χ4v) is 2.66. The molecule has 0 saturated heterocycles. The number of ether oxygens (including phenoxy) is 1. The summed E-state index contributed by atoms with van der Waals surface area (Å²) in [6, 6.07) is 24.8. The third kappa shape index (κ3) is 3.96. The van der Waals surface area contributed by atoms with Crippen molar-refractivity contribution in [1.29, 1.82) is 0 Å². The summed E-state index contributed by atoms with van der Waals surface area (Å²) in [5.41, 5.74) is 6.10. The average molecular weight is 317 g/mol. The molecule has 0 spiro atoms. The van der Waals surface area contributed by atoms with Gasteiger partial charge in [-0.3, -0.25) is 0 Å². The van der Waals surface area contributed by atoms with E-state index in [-0.39, 0.29) is 0 Å². The van der Waals surface area contributed by atoms with Crippen molar-refractivity contribution >= 4 is 5.69 Å². The number of hydrogen-bond acceptors (Lipinski definition) is 2. The Balaban J connectivity index is 1.69. The fraction of sp³-hybridized carbons (Fsp3) is 0.182. The van der Waals surface area contributed by atoms with Crippen molar-refractivity contribution in [3.8, 4) is 5.75 Å². The lowest BCUT2D eigenvalue weighted by Crippen LogP contribution is -2.05. The van der Waals surface area contributed by atoms with Crippen molar-refractivity contribution < 1.29 is 4.74 Å². The summed E-state index contributed by atoms with van der Waals surface area (Å²) < 4.78 is 6.03. The molecule has 2 nitrogen and oxygen atoms in total. The first-order chi connectivity index (χ1) is 11.7. The van der Waals surface area contributed by atoms with E-state index in [1.165, 1.54) is 22.4 Å². The zero-order valence-corrected chi connectivity index (χ0v) is 14.3. The minimum absolute atomic E-state index is 0.585. The number of para-hydroxylation sites is 1. The van der Waals surface area contributed by atoms with E-state index >= 15 is 0 Å². The molecule has 3 rings (SSSR count). The summed E-state index contributed by atoms with van der Waals surface area (Å²) in [6.07, 6.45) is 0. The van der Waals surface area contributed by atoms with E-state index < -0.39 is 0 Å². The number of nitrogens with one attached hydrogen (secondary N) is 1. The summed E-state index contributed by atoms with van der Waals surface area (Å²) in [5.74, 6) is 0.930. The lowest BCUT2D eigenvalue weighted by atomic mass is 10.1. The molecule has 24 heavy (non-hydrogen) atoms. The number of anilines is 1. The molecule has 0 aromatic heterocycles. The molecule has 0 atom stereocenters. The number of aryl methyl sites for hydroxylation is 1. The summed E-state index contributed by atoms with van der Waals surface area (Å²) in [6.45, 7) is 5.61. The highest BCUT2D eigenvalue weighted by molar-refractivity contribution is 5.54. The second-order valence-corrected chi connectivity index (χ2v) is 5.98. The fourth-order valence-electron chi connectivity index (χ4n) is 2.66. The largest absolute Gasteiger partial charge is 0.489 e. The van der Waals surface area contributed by atoms with Crippen molar-refractivity contribution in [2.45, 2.75) is 27.0 Å². The molecule has 0 bridgehead atoms. The minimum atomic E-state index is 0.585. The quantitative estimate of drug-likeness (QED) is 0.648. The van der Waals surface area contributed by atoms with Gasteiger partial charge >= 0.3 is 0 Å². The topological polar surface area (TPSA) is 21.3 Å². The van der Waals surface area contributed by atoms with E-state index in [2.05, 4.69) is 61.6 Å². The Kier molecular flexibility index (Phi) is 5.17. The molecule has 122 valence electrons. The molecule has 0 aliphatic heterocycles. The van der Waals surface area contributed by atoms with E-state index in [1.54, 1.807) is 0 Å². The monoisotopic (exact) mass is 317 g/mol. The van der Waals surface area contributed by atoms with Crippen LogP contribution in [0.25, 0.3) is 0 Å². The second kappa shape index (κ2) is 7.69. The van der Waals surface area contributed by atoms with Crippen LogP contribution in [0.3, 0.4) is 0 Å². The van der Waals surface area contributed by atoms with Crippen LogP contribution in [0, 0.1) is 13.8 Å². The standard InChI is InChI=1S/C22H23NO/c1-17-9-8-13-21(18(17)2)23-15-20-12-6-7-14-22(20)24-16-19-10-4-3-5-11-19/h3-14,23H,15-16H2,1-2H3. The molecule has 1 N–H and O–H groups in total. The van der Waals surface area contributed by atoms with Crippen molar-refractivity contribution in [3.63, 3.8) is 0 Å². The second-order valence-electron chi connectivity index (χ2n) is 5.98. The number of rotatable bonds is 6. The Morgan fingerprint density at radius 2 is 1.54 bits per heavy atom. The Morgan fingerprint density at radius 3 is 2.38 bits per heavy atom. The van der Waals surface area contributed by atoms with Crippen LogP contribution in [0.1, 0.15) is 22.3 Å². The van der Waals surface area contributed by atoms with Gasteiger partial charge in [0.15, 0.2) is 0 Å². The van der Waals surface area contributed by atoms with Crippen molar-refractivity contribution in [2.75, 3.05) is 5.32 Å². The highest BCUT2D eigenvalue weighted by atomic mass is 16.5. The average Bonchev–Trinajstić information content (AvgIpc) is 2.63. The first kappa shape index (κ1) is 16.1. The Bertz CT molecular complexity index is 796. The molecule has 0 unspecified atom stereocenters. The van der Waals surface area contributed by atoms with Gasteiger partial charge in [0.1, 0.15) is 12.4 Å². The molecule has 0 radical (unpaired) electrons. The SMILES string of the molecule is Cc1cccc(NCc2ccccc2OCc2ccccc2)c1C. The molecule has 0 aliphatic carbocycles. The van der Waals surface area contributed by atoms with Crippen LogP contribution in [0.2, 0.25) is 0 Å². The molecule has 3 aromatic carbocycles. The van der Waals surface area contributed by atoms with E-state index in [0.717, 1.165) is 17.9 Å². The first-order valence-corrected chi connectivity index (χ1v) is 8.29. The molecule has 2 heteroatoms. The molecule has 0 aliphatic rings. The van der Waals surface area contributed by atoms with Crippen LogP contribution >= 0.6 is 0 Å². The van der Waals surface area contributed by atoms with Gasteiger partial charge in [-0.15, -0.1) is 0 Å². The third-order valence-electron chi connectivity index (χ3n) is 4.28. The molecule has 3 aromatic rings. The van der Waals surface area contributed by atoms with Gasteiger partial charge in [-0.1, -0.05) is 60.7 Å². The minimum Gasteiger partial charge on any atom is -0.489 e. The highest BCUT2D eigenvalue weighted by Crippen LogP contribution is 2.23. The van der Waals surface area contributed by atoms with Crippen LogP contribution in [-0.2, 0) is 13.2 Å². The molecular formula is C22H23NO. The molecule has 0 fully saturated rings. The van der Waals surface area contributed by atoms with E-state index in [1.807, 2.05) is 30.3 Å². The van der Waals surface area contributed by atoms with Gasteiger partial charge in [0.25, 0.3) is 0 Å². The zero-order chi connectivity index (χ0) is 16.8. The first-order valence-electron chi connectivity index (χ1n) is 8.29. The Hall–Kier alpha value is -2.74. The number of benzene rings is 3. The molecule has 0 saturated carbocycles. The maximum absolute atomic E-state index is 6.03. The van der Waals surface area contributed by atoms with Gasteiger partial charge in [-0.05, 0) is 42.7 Å². The van der Waals surface area contributed by atoms with Crippen LogP contribution < -0.4 is 10.1 Å². The maximum atomic E-state index is 6.03. The molecule has 0 amide bonds. The zero-order valence-electron chi connectivity index (χ0n) is 14.3. The van der Waals surface area contributed by atoms with Crippen molar-refractivity contribution in [2.24, 2.45) is 0 Å². The lowest BCUT2D eigenvalue weighted by molar-refractivity contribution is 0.303. The van der Waals surface area contributed by atoms with Gasteiger partial charge in [0.2, 0.25) is 0 Å². The van der Waals surface area contributed by atoms with Crippen molar-refractivity contribution in [1.82, 2.24) is 0 Å². The summed E-state index contributed by atoms with van der Waals surface area (Å²) in [5, 5.41) is 3.53. The highest BCUT2D eigenvalue weighted by Gasteiger charge is 2.05. The van der Waals surface area contributed by atoms with E-state index in [4.69, 9.17) is 4.74 Å². The summed E-state index contributed by atoms with van der Waals surface area (Å²) in [4.78, 5) is 0. The van der Waals surface area contributed by atoms with Crippen LogP contribution in [-0.4, -0.2) is 0 Å². The van der Waals surface area contributed by atoms with Crippen LogP contribution in [0.4, 0.5) is 5.69 Å². The molecular weight excluding hydrogens is 294 g/mol. The number of hydrogen-bond donors (Lipinski definition) is 1. The van der Waals surface area contributed by atoms with Gasteiger partial charge in [0.05, 0.1) is 0 Å². The lowest BCUT2D eigenvalue weighted by Gasteiger charge is -2.15. The van der Waals surface area contributed by atoms with Gasteiger partial charge in [-0.2, -0.15) is 0 Å². The predicted molar refractivity (Wildman–Crippen MR) is 100 cm³/mol. The van der Waals surface area contributed by atoms with Gasteiger partial charge in [-0.25, -0.2) is 0 Å². The van der Waals surface area contributed by atoms with Crippen LogP contribution in [0.5, 0.6) is 5.75 Å². The van der Waals surface area contributed by atoms with E-state index in [9.17, 15) is 0 Å². The summed E-state index contributed by atoms with van der Waals surface area (Å²) >= 11 is 0. The normalized spacial score (nSPS) is 10.4. The Morgan fingerprint density at radius 1 is 0.792 bits per heavy atom. The third-order valence-corrected chi connectivity index (χ3v) is 4.28. The molecule has 0 heterocycles. The van der Waals surface area contributed by atoms with Crippen molar-refractivity contribution in [3.05, 3.63) is 95.1 Å². The van der Waals surface area contributed by atoms with Gasteiger partial charge in [0, 0.05) is 17.8 Å². The smallest absolute Gasteiger partial charge is 0.124 e. The van der Waals surface area contributed by atoms with Gasteiger partial charge < -0.3 is 10.1 Å².